The smallest absolute Gasteiger partial charge is 0.271 e. The van der Waals surface area contributed by atoms with Gasteiger partial charge in [-0.1, -0.05) is 12.1 Å². The number of carbonyl (C=O) groups is 1. The lowest BCUT2D eigenvalue weighted by Gasteiger charge is -2.10. The van der Waals surface area contributed by atoms with E-state index in [9.17, 15) is 13.2 Å². The molecule has 4 N–H and O–H groups in total. The summed E-state index contributed by atoms with van der Waals surface area (Å²) in [4.78, 5) is 22.5. The van der Waals surface area contributed by atoms with E-state index in [1.165, 1.54) is 24.5 Å². The minimum absolute atomic E-state index is 0.0600. The number of anilines is 1. The summed E-state index contributed by atoms with van der Waals surface area (Å²) in [5.41, 5.74) is 1.12. The second kappa shape index (κ2) is 9.40. The predicted octanol–water partition coefficient (Wildman–Crippen LogP) is 0.0700. The van der Waals surface area contributed by atoms with Gasteiger partial charge >= 0.3 is 0 Å². The highest BCUT2D eigenvalue weighted by atomic mass is 32.2. The molecule has 27 heavy (non-hydrogen) atoms. The highest BCUT2D eigenvalue weighted by Gasteiger charge is 2.09. The number of nitrogens with one attached hydrogen (secondary N) is 2. The number of nitrogens with zero attached hydrogens (tertiary/aromatic N) is 3. The Labute approximate surface area is 159 Å². The van der Waals surface area contributed by atoms with Crippen LogP contribution in [0.15, 0.2) is 41.6 Å². The molecule has 0 bridgehead atoms. The second-order valence-corrected chi connectivity index (χ2v) is 7.77. The molecule has 0 radical (unpaired) electrons. The molecule has 146 valence electrons. The van der Waals surface area contributed by atoms with Crippen LogP contribution in [0.5, 0.6) is 0 Å². The van der Waals surface area contributed by atoms with Crippen molar-refractivity contribution in [2.45, 2.75) is 11.3 Å². The summed E-state index contributed by atoms with van der Waals surface area (Å²) in [6.07, 6.45) is 3.50. The molecule has 0 saturated carbocycles. The van der Waals surface area contributed by atoms with Gasteiger partial charge in [0.15, 0.2) is 0 Å². The number of primary sulfonamides is 1. The van der Waals surface area contributed by atoms with Gasteiger partial charge in [-0.2, -0.15) is 0 Å². The van der Waals surface area contributed by atoms with E-state index in [0.29, 0.717) is 18.8 Å². The standard InChI is InChI=1S/C17H24N6O3S/c1-23(2)10-9-19-16-12-21-15(11-22-16)17(24)20-8-7-13-3-5-14(6-4-13)27(18,25)26/h3-6,11-12H,7-10H2,1-2H3,(H,19,22)(H,20,24)(H2,18,25,26). The summed E-state index contributed by atoms with van der Waals surface area (Å²) in [5.74, 6) is 0.298. The van der Waals surface area contributed by atoms with Crippen molar-refractivity contribution in [3.63, 3.8) is 0 Å². The largest absolute Gasteiger partial charge is 0.368 e. The monoisotopic (exact) mass is 392 g/mol. The number of carbonyl (C=O) groups excluding carboxylic acids is 1. The van der Waals surface area contributed by atoms with Gasteiger partial charge in [-0.3, -0.25) is 4.79 Å². The minimum Gasteiger partial charge on any atom is -0.368 e. The van der Waals surface area contributed by atoms with Gasteiger partial charge in [0.25, 0.3) is 5.91 Å². The Balaban J connectivity index is 1.80. The Morgan fingerprint density at radius 1 is 1.11 bits per heavy atom. The number of sulfonamides is 1. The van der Waals surface area contributed by atoms with E-state index in [1.54, 1.807) is 12.1 Å². The van der Waals surface area contributed by atoms with Crippen LogP contribution in [0.2, 0.25) is 0 Å². The Morgan fingerprint density at radius 3 is 2.37 bits per heavy atom. The van der Waals surface area contributed by atoms with E-state index >= 15 is 0 Å². The van der Waals surface area contributed by atoms with Gasteiger partial charge in [-0.15, -0.1) is 0 Å². The van der Waals surface area contributed by atoms with Gasteiger partial charge in [0, 0.05) is 19.6 Å². The fourth-order valence-electron chi connectivity index (χ4n) is 2.20. The molecule has 0 aliphatic rings. The van der Waals surface area contributed by atoms with Crippen molar-refractivity contribution in [1.82, 2.24) is 20.2 Å². The summed E-state index contributed by atoms with van der Waals surface area (Å²) in [5, 5.41) is 10.9. The molecule has 0 fully saturated rings. The number of benzene rings is 1. The first-order valence-corrected chi connectivity index (χ1v) is 9.91. The van der Waals surface area contributed by atoms with Gasteiger partial charge in [-0.05, 0) is 38.2 Å². The van der Waals surface area contributed by atoms with E-state index in [2.05, 4.69) is 20.6 Å². The van der Waals surface area contributed by atoms with Gasteiger partial charge in [0.2, 0.25) is 10.0 Å². The first-order valence-electron chi connectivity index (χ1n) is 8.36. The zero-order valence-corrected chi connectivity index (χ0v) is 16.2. The van der Waals surface area contributed by atoms with Crippen molar-refractivity contribution in [1.29, 1.82) is 0 Å². The number of likely N-dealkylation sites (N-methyl/N-ethyl adjacent to an activating group) is 1. The predicted molar refractivity (Wildman–Crippen MR) is 103 cm³/mol. The lowest BCUT2D eigenvalue weighted by molar-refractivity contribution is 0.0949. The summed E-state index contributed by atoms with van der Waals surface area (Å²) in [6.45, 7) is 1.98. The molecule has 0 saturated heterocycles. The third-order valence-corrected chi connectivity index (χ3v) is 4.63. The SMILES string of the molecule is CN(C)CCNc1cnc(C(=O)NCCc2ccc(S(N)(=O)=O)cc2)cn1. The van der Waals surface area contributed by atoms with Crippen molar-refractivity contribution in [3.8, 4) is 0 Å². The van der Waals surface area contributed by atoms with Crippen molar-refractivity contribution < 1.29 is 13.2 Å². The maximum atomic E-state index is 12.1. The second-order valence-electron chi connectivity index (χ2n) is 6.21. The van der Waals surface area contributed by atoms with Crippen LogP contribution < -0.4 is 15.8 Å². The zero-order valence-electron chi connectivity index (χ0n) is 15.3. The Kier molecular flexibility index (Phi) is 7.22. The molecule has 0 atom stereocenters. The molecule has 0 aliphatic carbocycles. The molecule has 1 amide bonds. The van der Waals surface area contributed by atoms with E-state index in [-0.39, 0.29) is 16.5 Å². The third kappa shape index (κ3) is 6.93. The highest BCUT2D eigenvalue weighted by molar-refractivity contribution is 7.89. The van der Waals surface area contributed by atoms with Crippen LogP contribution in [0.3, 0.4) is 0 Å². The van der Waals surface area contributed by atoms with Crippen LogP contribution in [0.1, 0.15) is 16.1 Å². The molecule has 0 unspecified atom stereocenters. The molecular weight excluding hydrogens is 368 g/mol. The molecule has 0 spiro atoms. The number of hydrogen-bond donors (Lipinski definition) is 3. The quantitative estimate of drug-likeness (QED) is 0.550. The van der Waals surface area contributed by atoms with Gasteiger partial charge < -0.3 is 15.5 Å². The van der Waals surface area contributed by atoms with Gasteiger partial charge in [0.1, 0.15) is 11.5 Å². The maximum Gasteiger partial charge on any atom is 0.271 e. The minimum atomic E-state index is -3.70. The molecule has 1 aromatic carbocycles. The summed E-state index contributed by atoms with van der Waals surface area (Å²) in [7, 11) is 0.267. The Hall–Kier alpha value is -2.56. The van der Waals surface area contributed by atoms with E-state index in [4.69, 9.17) is 5.14 Å². The molecule has 2 aromatic rings. The van der Waals surface area contributed by atoms with E-state index in [1.807, 2.05) is 19.0 Å². The number of amides is 1. The lowest BCUT2D eigenvalue weighted by atomic mass is 10.1. The molecule has 10 heteroatoms. The van der Waals surface area contributed by atoms with Gasteiger partial charge in [-0.25, -0.2) is 23.5 Å². The number of hydrogen-bond acceptors (Lipinski definition) is 7. The first-order chi connectivity index (χ1) is 12.8. The van der Waals surface area contributed by atoms with Crippen LogP contribution in [0, 0.1) is 0 Å². The highest BCUT2D eigenvalue weighted by Crippen LogP contribution is 2.09. The summed E-state index contributed by atoms with van der Waals surface area (Å²) in [6, 6.07) is 6.22. The Bertz CT molecular complexity index is 851. The molecule has 1 heterocycles. The van der Waals surface area contributed by atoms with Crippen molar-refractivity contribution >= 4 is 21.7 Å². The van der Waals surface area contributed by atoms with Crippen molar-refractivity contribution in [2.75, 3.05) is 39.0 Å². The van der Waals surface area contributed by atoms with Crippen LogP contribution in [-0.2, 0) is 16.4 Å². The molecule has 1 aromatic heterocycles. The van der Waals surface area contributed by atoms with E-state index in [0.717, 1.165) is 18.7 Å². The molecule has 2 rings (SSSR count). The lowest BCUT2D eigenvalue weighted by Crippen LogP contribution is -2.27. The average Bonchev–Trinajstić information content (AvgIpc) is 2.61. The van der Waals surface area contributed by atoms with E-state index < -0.39 is 10.0 Å². The topological polar surface area (TPSA) is 130 Å². The molecular formula is C17H24N6O3S. The van der Waals surface area contributed by atoms with Crippen LogP contribution in [-0.4, -0.2) is 62.9 Å². The number of aromatic nitrogens is 2. The summed E-state index contributed by atoms with van der Waals surface area (Å²) < 4.78 is 22.4. The number of nitrogens with two attached hydrogens (primary N) is 1. The third-order valence-electron chi connectivity index (χ3n) is 3.70. The fourth-order valence-corrected chi connectivity index (χ4v) is 2.72. The van der Waals surface area contributed by atoms with Gasteiger partial charge in [0.05, 0.1) is 17.3 Å². The average molecular weight is 392 g/mol. The maximum absolute atomic E-state index is 12.1. The fraction of sp³-hybridized carbons (Fsp3) is 0.353. The Morgan fingerprint density at radius 2 is 1.81 bits per heavy atom. The van der Waals surface area contributed by atoms with Crippen molar-refractivity contribution in [2.24, 2.45) is 5.14 Å². The number of rotatable bonds is 9. The summed E-state index contributed by atoms with van der Waals surface area (Å²) >= 11 is 0. The van der Waals surface area contributed by atoms with Crippen LogP contribution in [0.4, 0.5) is 5.82 Å². The van der Waals surface area contributed by atoms with Crippen LogP contribution >= 0.6 is 0 Å². The first kappa shape index (κ1) is 20.7. The molecule has 0 aliphatic heterocycles. The van der Waals surface area contributed by atoms with Crippen molar-refractivity contribution in [3.05, 3.63) is 47.9 Å². The van der Waals surface area contributed by atoms with Crippen LogP contribution in [0.25, 0.3) is 0 Å². The zero-order chi connectivity index (χ0) is 19.9. The normalized spacial score (nSPS) is 11.4. The molecule has 9 nitrogen and oxygen atoms in total.